The monoisotopic (exact) mass is 287 g/mol. The fourth-order valence-corrected chi connectivity index (χ4v) is 3.81. The molecule has 0 aromatic heterocycles. The summed E-state index contributed by atoms with van der Waals surface area (Å²) in [7, 11) is 0. The minimum absolute atomic E-state index is 0.589. The lowest BCUT2D eigenvalue weighted by atomic mass is 9.68. The Labute approximate surface area is 131 Å². The Hall–Kier alpha value is -0.820. The second kappa shape index (κ2) is 7.45. The first-order chi connectivity index (χ1) is 9.97. The van der Waals surface area contributed by atoms with Gasteiger partial charge in [0.1, 0.15) is 0 Å². The molecule has 1 N–H and O–H groups in total. The van der Waals surface area contributed by atoms with Crippen LogP contribution in [0.3, 0.4) is 0 Å². The van der Waals surface area contributed by atoms with Gasteiger partial charge in [-0.25, -0.2) is 0 Å². The van der Waals surface area contributed by atoms with E-state index in [2.05, 4.69) is 64.2 Å². The van der Waals surface area contributed by atoms with Gasteiger partial charge in [0.05, 0.1) is 0 Å². The number of aryl methyl sites for hydroxylation is 1. The molecule has 1 nitrogen and oxygen atoms in total. The zero-order valence-electron chi connectivity index (χ0n) is 14.5. The highest BCUT2D eigenvalue weighted by atomic mass is 14.9. The van der Waals surface area contributed by atoms with Crippen LogP contribution in [0.25, 0.3) is 0 Å². The SMILES string of the molecule is Cc1cccc(C2CC(C(C)C)CCC2CNC(C)C)c1. The quantitative estimate of drug-likeness (QED) is 0.790. The molecule has 21 heavy (non-hydrogen) atoms. The van der Waals surface area contributed by atoms with Crippen LogP contribution in [0.4, 0.5) is 0 Å². The average Bonchev–Trinajstić information content (AvgIpc) is 2.44. The highest BCUT2D eigenvalue weighted by Gasteiger charge is 2.32. The molecule has 1 saturated carbocycles. The third kappa shape index (κ3) is 4.57. The maximum Gasteiger partial charge on any atom is 0.00104 e. The summed E-state index contributed by atoms with van der Waals surface area (Å²) in [5, 5.41) is 3.67. The van der Waals surface area contributed by atoms with E-state index in [0.29, 0.717) is 6.04 Å². The van der Waals surface area contributed by atoms with Gasteiger partial charge in [0.15, 0.2) is 0 Å². The molecule has 1 aliphatic rings. The zero-order valence-corrected chi connectivity index (χ0v) is 14.5. The van der Waals surface area contributed by atoms with Gasteiger partial charge in [-0.1, -0.05) is 57.5 Å². The smallest absolute Gasteiger partial charge is 0.00104 e. The fourth-order valence-electron chi connectivity index (χ4n) is 3.81. The van der Waals surface area contributed by atoms with E-state index in [4.69, 9.17) is 0 Å². The first-order valence-corrected chi connectivity index (χ1v) is 8.77. The van der Waals surface area contributed by atoms with Crippen LogP contribution >= 0.6 is 0 Å². The van der Waals surface area contributed by atoms with E-state index in [-0.39, 0.29) is 0 Å². The van der Waals surface area contributed by atoms with Crippen molar-refractivity contribution in [1.29, 1.82) is 0 Å². The molecule has 0 radical (unpaired) electrons. The molecule has 3 atom stereocenters. The van der Waals surface area contributed by atoms with Crippen molar-refractivity contribution >= 4 is 0 Å². The zero-order chi connectivity index (χ0) is 15.4. The summed E-state index contributed by atoms with van der Waals surface area (Å²) in [6, 6.07) is 9.80. The molecule has 2 rings (SSSR count). The van der Waals surface area contributed by atoms with E-state index in [1.807, 2.05) is 0 Å². The summed E-state index contributed by atoms with van der Waals surface area (Å²) < 4.78 is 0. The lowest BCUT2D eigenvalue weighted by molar-refractivity contribution is 0.188. The largest absolute Gasteiger partial charge is 0.314 e. The second-order valence-corrected chi connectivity index (χ2v) is 7.66. The van der Waals surface area contributed by atoms with E-state index < -0.39 is 0 Å². The third-order valence-corrected chi connectivity index (χ3v) is 5.24. The Balaban J connectivity index is 2.15. The van der Waals surface area contributed by atoms with Crippen molar-refractivity contribution in [2.24, 2.45) is 17.8 Å². The minimum Gasteiger partial charge on any atom is -0.314 e. The molecule has 1 heteroatoms. The van der Waals surface area contributed by atoms with Crippen LogP contribution in [0.15, 0.2) is 24.3 Å². The maximum atomic E-state index is 3.67. The highest BCUT2D eigenvalue weighted by molar-refractivity contribution is 5.26. The molecule has 0 aliphatic heterocycles. The molecule has 1 aromatic rings. The molecule has 1 aromatic carbocycles. The predicted octanol–water partition coefficient (Wildman–Crippen LogP) is 5.15. The summed E-state index contributed by atoms with van der Waals surface area (Å²) in [4.78, 5) is 0. The van der Waals surface area contributed by atoms with Crippen molar-refractivity contribution in [1.82, 2.24) is 5.32 Å². The maximum absolute atomic E-state index is 3.67. The summed E-state index contributed by atoms with van der Waals surface area (Å²) in [6.07, 6.45) is 4.15. The molecule has 0 spiro atoms. The van der Waals surface area contributed by atoms with E-state index in [1.54, 1.807) is 5.56 Å². The molecule has 118 valence electrons. The first-order valence-electron chi connectivity index (χ1n) is 8.77. The van der Waals surface area contributed by atoms with Gasteiger partial charge in [-0.15, -0.1) is 0 Å². The summed E-state index contributed by atoms with van der Waals surface area (Å²) in [6.45, 7) is 12.7. The van der Waals surface area contributed by atoms with Gasteiger partial charge in [0, 0.05) is 6.04 Å². The van der Waals surface area contributed by atoms with Crippen molar-refractivity contribution in [3.63, 3.8) is 0 Å². The Bertz CT molecular complexity index is 435. The minimum atomic E-state index is 0.589. The molecule has 1 fully saturated rings. The highest BCUT2D eigenvalue weighted by Crippen LogP contribution is 2.43. The van der Waals surface area contributed by atoms with E-state index >= 15 is 0 Å². The van der Waals surface area contributed by atoms with E-state index in [1.165, 1.54) is 31.4 Å². The van der Waals surface area contributed by atoms with Crippen LogP contribution in [0.2, 0.25) is 0 Å². The Kier molecular flexibility index (Phi) is 5.87. The number of hydrogen-bond acceptors (Lipinski definition) is 1. The molecule has 3 unspecified atom stereocenters. The van der Waals surface area contributed by atoms with Crippen LogP contribution in [-0.4, -0.2) is 12.6 Å². The second-order valence-electron chi connectivity index (χ2n) is 7.66. The Morgan fingerprint density at radius 3 is 2.52 bits per heavy atom. The first kappa shape index (κ1) is 16.5. The molecule has 0 bridgehead atoms. The standard InChI is InChI=1S/C20H33N/c1-14(2)17-9-10-19(13-21-15(3)4)20(12-17)18-8-6-7-16(5)11-18/h6-8,11,14-15,17,19-21H,9-10,12-13H2,1-5H3. The van der Waals surface area contributed by atoms with Crippen molar-refractivity contribution in [2.45, 2.75) is 65.8 Å². The number of rotatable bonds is 5. The molecular weight excluding hydrogens is 254 g/mol. The van der Waals surface area contributed by atoms with Gasteiger partial charge in [0.25, 0.3) is 0 Å². The number of hydrogen-bond donors (Lipinski definition) is 1. The molecule has 1 aliphatic carbocycles. The summed E-state index contributed by atoms with van der Waals surface area (Å²) in [5.74, 6) is 3.24. The van der Waals surface area contributed by atoms with Crippen LogP contribution < -0.4 is 5.32 Å². The average molecular weight is 287 g/mol. The van der Waals surface area contributed by atoms with Crippen LogP contribution in [-0.2, 0) is 0 Å². The van der Waals surface area contributed by atoms with Crippen LogP contribution in [0.1, 0.15) is 64.0 Å². The van der Waals surface area contributed by atoms with E-state index in [9.17, 15) is 0 Å². The lowest BCUT2D eigenvalue weighted by Crippen LogP contribution is -2.35. The van der Waals surface area contributed by atoms with Crippen molar-refractivity contribution in [3.8, 4) is 0 Å². The van der Waals surface area contributed by atoms with Crippen molar-refractivity contribution in [3.05, 3.63) is 35.4 Å². The van der Waals surface area contributed by atoms with Crippen molar-refractivity contribution in [2.75, 3.05) is 6.54 Å². The topological polar surface area (TPSA) is 12.0 Å². The van der Waals surface area contributed by atoms with Gasteiger partial charge in [-0.2, -0.15) is 0 Å². The normalized spacial score (nSPS) is 26.5. The Morgan fingerprint density at radius 1 is 1.14 bits per heavy atom. The van der Waals surface area contributed by atoms with Gasteiger partial charge in [-0.05, 0) is 62.0 Å². The third-order valence-electron chi connectivity index (χ3n) is 5.24. The number of benzene rings is 1. The van der Waals surface area contributed by atoms with Crippen LogP contribution in [0.5, 0.6) is 0 Å². The fraction of sp³-hybridized carbons (Fsp3) is 0.700. The number of nitrogens with one attached hydrogen (secondary N) is 1. The lowest BCUT2D eigenvalue weighted by Gasteiger charge is -2.39. The summed E-state index contributed by atoms with van der Waals surface area (Å²) in [5.41, 5.74) is 2.96. The van der Waals surface area contributed by atoms with Gasteiger partial charge in [-0.3, -0.25) is 0 Å². The molecule has 0 heterocycles. The summed E-state index contributed by atoms with van der Waals surface area (Å²) >= 11 is 0. The molecular formula is C20H33N. The molecule has 0 amide bonds. The molecule has 0 saturated heterocycles. The van der Waals surface area contributed by atoms with Gasteiger partial charge in [0.2, 0.25) is 0 Å². The Morgan fingerprint density at radius 2 is 1.90 bits per heavy atom. The predicted molar refractivity (Wildman–Crippen MR) is 92.7 cm³/mol. The van der Waals surface area contributed by atoms with Crippen LogP contribution in [0, 0.1) is 24.7 Å². The van der Waals surface area contributed by atoms with Gasteiger partial charge < -0.3 is 5.32 Å². The van der Waals surface area contributed by atoms with Crippen molar-refractivity contribution < 1.29 is 0 Å². The van der Waals surface area contributed by atoms with Gasteiger partial charge >= 0.3 is 0 Å². The van der Waals surface area contributed by atoms with E-state index in [0.717, 1.165) is 23.7 Å².